The van der Waals surface area contributed by atoms with Crippen LogP contribution in [0.1, 0.15) is 22.8 Å². The maximum absolute atomic E-state index is 13.8. The van der Waals surface area contributed by atoms with Gasteiger partial charge in [0.2, 0.25) is 11.8 Å². The third-order valence-corrected chi connectivity index (χ3v) is 8.21. The molecule has 3 aromatic rings. The Bertz CT molecular complexity index is 1240. The Kier molecular flexibility index (Phi) is 4.53. The Balaban J connectivity index is 1.69. The lowest BCUT2D eigenvalue weighted by atomic mass is 9.70. The predicted molar refractivity (Wildman–Crippen MR) is 117 cm³/mol. The third-order valence-electron chi connectivity index (χ3n) is 5.61. The highest BCUT2D eigenvalue weighted by atomic mass is 35.5. The van der Waals surface area contributed by atoms with E-state index in [9.17, 15) is 19.5 Å². The third kappa shape index (κ3) is 2.82. The number of rotatable bonds is 2. The Morgan fingerprint density at radius 3 is 2.57 bits per heavy atom. The lowest BCUT2D eigenvalue weighted by Crippen LogP contribution is -2.43. The largest absolute Gasteiger partial charge is 0.508 e. The highest BCUT2D eigenvalue weighted by Crippen LogP contribution is 2.58. The molecule has 30 heavy (non-hydrogen) atoms. The maximum Gasteiger partial charge on any atom is 0.305 e. The van der Waals surface area contributed by atoms with Crippen molar-refractivity contribution in [2.75, 3.05) is 10.7 Å². The van der Waals surface area contributed by atoms with Gasteiger partial charge in [-0.15, -0.1) is 11.8 Å². The fourth-order valence-corrected chi connectivity index (χ4v) is 6.96. The van der Waals surface area contributed by atoms with E-state index in [4.69, 9.17) is 11.6 Å². The number of benzene rings is 2. The van der Waals surface area contributed by atoms with E-state index in [1.54, 1.807) is 48.5 Å². The lowest BCUT2D eigenvalue weighted by Gasteiger charge is -2.38. The van der Waals surface area contributed by atoms with Crippen LogP contribution in [0, 0.1) is 5.41 Å². The van der Waals surface area contributed by atoms with Crippen LogP contribution in [0.25, 0.3) is 0 Å². The predicted octanol–water partition coefficient (Wildman–Crippen LogP) is 3.98. The number of phenolic OH excluding ortho intramolecular Hbond substituents is 1. The van der Waals surface area contributed by atoms with E-state index < -0.39 is 11.3 Å². The van der Waals surface area contributed by atoms with E-state index in [2.05, 4.69) is 4.98 Å². The lowest BCUT2D eigenvalue weighted by molar-refractivity contribution is -0.125. The van der Waals surface area contributed by atoms with Crippen molar-refractivity contribution >= 4 is 52.2 Å². The second-order valence-electron chi connectivity index (χ2n) is 7.33. The number of H-pyrrole nitrogens is 1. The number of halogens is 1. The van der Waals surface area contributed by atoms with E-state index in [0.29, 0.717) is 31.9 Å². The SMILES string of the molecule is O=C1CC2(CSc3[nH]c(=O)sc3C2c2ccccc2O)C(=O)N1c1ccc(Cl)cc1. The number of hydrogen-bond acceptors (Lipinski definition) is 6. The first-order valence-electron chi connectivity index (χ1n) is 9.17. The minimum atomic E-state index is -1.10. The van der Waals surface area contributed by atoms with Crippen molar-refractivity contribution in [3.8, 4) is 5.75 Å². The zero-order valence-electron chi connectivity index (χ0n) is 15.4. The van der Waals surface area contributed by atoms with Gasteiger partial charge in [-0.2, -0.15) is 0 Å². The summed E-state index contributed by atoms with van der Waals surface area (Å²) in [6.45, 7) is 0. The summed E-state index contributed by atoms with van der Waals surface area (Å²) < 4.78 is 0. The van der Waals surface area contributed by atoms with Crippen LogP contribution < -0.4 is 9.77 Å². The average Bonchev–Trinajstić information content (AvgIpc) is 3.21. The molecule has 0 bridgehead atoms. The van der Waals surface area contributed by atoms with Crippen molar-refractivity contribution in [1.29, 1.82) is 0 Å². The number of hydrogen-bond donors (Lipinski definition) is 2. The van der Waals surface area contributed by atoms with Crippen molar-refractivity contribution in [3.05, 3.63) is 73.7 Å². The number of amides is 2. The minimum Gasteiger partial charge on any atom is -0.508 e. The van der Waals surface area contributed by atoms with Crippen molar-refractivity contribution < 1.29 is 14.7 Å². The number of thioether (sulfide) groups is 1. The molecule has 2 aromatic carbocycles. The number of para-hydroxylation sites is 1. The number of fused-ring (bicyclic) bond motifs is 1. The molecule has 1 aromatic heterocycles. The molecule has 2 aliphatic heterocycles. The van der Waals surface area contributed by atoms with Crippen LogP contribution in [0.5, 0.6) is 5.75 Å². The molecule has 0 radical (unpaired) electrons. The standard InChI is InChI=1S/C21H15ClN2O4S2/c22-11-5-7-12(8-6-11)24-15(26)9-21(19(24)27)10-29-18-17(30-20(28)23-18)16(21)13-3-1-2-4-14(13)25/h1-8,16,25H,9-10H2,(H,23,28). The van der Waals surface area contributed by atoms with Crippen LogP contribution in [0.3, 0.4) is 0 Å². The van der Waals surface area contributed by atoms with Gasteiger partial charge in [0.15, 0.2) is 0 Å². The summed E-state index contributed by atoms with van der Waals surface area (Å²) in [5, 5.41) is 11.8. The molecule has 0 saturated carbocycles. The van der Waals surface area contributed by atoms with E-state index in [1.165, 1.54) is 16.7 Å². The van der Waals surface area contributed by atoms with Crippen LogP contribution in [0.2, 0.25) is 5.02 Å². The van der Waals surface area contributed by atoms with Gasteiger partial charge in [0.25, 0.3) is 0 Å². The molecule has 2 amide bonds. The Hall–Kier alpha value is -2.55. The molecule has 1 spiro atoms. The fourth-order valence-electron chi connectivity index (χ4n) is 4.28. The zero-order chi connectivity index (χ0) is 21.0. The van der Waals surface area contributed by atoms with Gasteiger partial charge in [-0.05, 0) is 30.3 Å². The van der Waals surface area contributed by atoms with Gasteiger partial charge in [0.05, 0.1) is 16.1 Å². The number of phenols is 1. The Morgan fingerprint density at radius 2 is 1.83 bits per heavy atom. The summed E-state index contributed by atoms with van der Waals surface area (Å²) >= 11 is 8.35. The first-order valence-corrected chi connectivity index (χ1v) is 11.4. The molecular formula is C21H15ClN2O4S2. The number of nitrogens with zero attached hydrogens (tertiary/aromatic N) is 1. The molecule has 9 heteroatoms. The van der Waals surface area contributed by atoms with Gasteiger partial charge < -0.3 is 10.1 Å². The van der Waals surface area contributed by atoms with Crippen molar-refractivity contribution in [3.63, 3.8) is 0 Å². The number of aromatic amines is 1. The second kappa shape index (κ2) is 7.01. The summed E-state index contributed by atoms with van der Waals surface area (Å²) in [6, 6.07) is 13.3. The van der Waals surface area contributed by atoms with Gasteiger partial charge in [-0.3, -0.25) is 14.4 Å². The number of aromatic nitrogens is 1. The molecule has 1 fully saturated rings. The normalized spacial score (nSPS) is 23.2. The smallest absolute Gasteiger partial charge is 0.305 e. The quantitative estimate of drug-likeness (QED) is 0.567. The summed E-state index contributed by atoms with van der Waals surface area (Å²) in [6.07, 6.45) is -0.00795. The number of carbonyl (C=O) groups excluding carboxylic acids is 2. The zero-order valence-corrected chi connectivity index (χ0v) is 17.8. The molecule has 5 rings (SSSR count). The molecule has 2 unspecified atom stereocenters. The van der Waals surface area contributed by atoms with E-state index in [0.717, 1.165) is 11.3 Å². The van der Waals surface area contributed by atoms with Crippen molar-refractivity contribution in [1.82, 2.24) is 4.98 Å². The summed E-state index contributed by atoms with van der Waals surface area (Å²) in [5.74, 6) is -0.893. The van der Waals surface area contributed by atoms with Crippen LogP contribution in [-0.2, 0) is 9.59 Å². The molecule has 6 nitrogen and oxygen atoms in total. The van der Waals surface area contributed by atoms with Crippen LogP contribution in [-0.4, -0.2) is 27.7 Å². The summed E-state index contributed by atoms with van der Waals surface area (Å²) in [5.41, 5.74) is -0.105. The van der Waals surface area contributed by atoms with Gasteiger partial charge in [-0.25, -0.2) is 4.90 Å². The van der Waals surface area contributed by atoms with E-state index in [-0.39, 0.29) is 28.9 Å². The first kappa shape index (κ1) is 19.4. The molecule has 2 atom stereocenters. The number of aromatic hydroxyl groups is 1. The van der Waals surface area contributed by atoms with Gasteiger partial charge >= 0.3 is 4.87 Å². The van der Waals surface area contributed by atoms with Gasteiger partial charge in [-0.1, -0.05) is 41.1 Å². The van der Waals surface area contributed by atoms with E-state index in [1.807, 2.05) is 0 Å². The topological polar surface area (TPSA) is 90.5 Å². The molecule has 2 aliphatic rings. The molecular weight excluding hydrogens is 444 g/mol. The number of thiazole rings is 1. The summed E-state index contributed by atoms with van der Waals surface area (Å²) in [7, 11) is 0. The van der Waals surface area contributed by atoms with Gasteiger partial charge in [0.1, 0.15) is 5.75 Å². The summed E-state index contributed by atoms with van der Waals surface area (Å²) in [4.78, 5) is 43.4. The highest BCUT2D eigenvalue weighted by Gasteiger charge is 2.60. The number of imide groups is 1. The number of anilines is 1. The van der Waals surface area contributed by atoms with E-state index >= 15 is 0 Å². The van der Waals surface area contributed by atoms with Crippen molar-refractivity contribution in [2.24, 2.45) is 5.41 Å². The van der Waals surface area contributed by atoms with Crippen LogP contribution in [0.4, 0.5) is 5.69 Å². The molecule has 2 N–H and O–H groups in total. The molecule has 152 valence electrons. The fraction of sp³-hybridized carbons (Fsp3) is 0.190. The monoisotopic (exact) mass is 458 g/mol. The van der Waals surface area contributed by atoms with Gasteiger partial charge in [0, 0.05) is 33.6 Å². The number of nitrogens with one attached hydrogen (secondary N) is 1. The van der Waals surface area contributed by atoms with Crippen LogP contribution in [0.15, 0.2) is 58.4 Å². The average molecular weight is 459 g/mol. The molecule has 1 saturated heterocycles. The first-order chi connectivity index (χ1) is 14.4. The van der Waals surface area contributed by atoms with Crippen molar-refractivity contribution in [2.45, 2.75) is 17.4 Å². The maximum atomic E-state index is 13.8. The van der Waals surface area contributed by atoms with Crippen LogP contribution >= 0.6 is 34.7 Å². The minimum absolute atomic E-state index is 0.00795. The Labute approximate surface area is 184 Å². The highest BCUT2D eigenvalue weighted by molar-refractivity contribution is 7.99. The second-order valence-corrected chi connectivity index (χ2v) is 9.77. The molecule has 0 aliphatic carbocycles. The number of carbonyl (C=O) groups is 2. The Morgan fingerprint density at radius 1 is 1.10 bits per heavy atom. The molecule has 3 heterocycles.